The minimum absolute atomic E-state index is 0.0732. The molecule has 0 amide bonds. The number of nitrogens with two attached hydrogens (primary N) is 1. The molecule has 3 N–H and O–H groups in total. The third kappa shape index (κ3) is 6.12. The number of alkyl halides is 3. The summed E-state index contributed by atoms with van der Waals surface area (Å²) in [6, 6.07) is 15.8. The van der Waals surface area contributed by atoms with E-state index in [1.165, 1.54) is 29.8 Å². The second kappa shape index (κ2) is 9.17. The summed E-state index contributed by atoms with van der Waals surface area (Å²) in [5, 5.41) is 3.20. The molecule has 5 nitrogen and oxygen atoms in total. The highest BCUT2D eigenvalue weighted by molar-refractivity contribution is 5.78. The highest BCUT2D eigenvalue weighted by Gasteiger charge is 2.34. The Balaban J connectivity index is 1.59. The van der Waals surface area contributed by atoms with Crippen LogP contribution in [-0.4, -0.2) is 32.1 Å². The number of aliphatic imine (C=N–C) groups is 1. The highest BCUT2D eigenvalue weighted by Crippen LogP contribution is 2.34. The van der Waals surface area contributed by atoms with Crippen LogP contribution in [0.3, 0.4) is 0 Å². The molecule has 1 aliphatic heterocycles. The molecule has 0 spiro atoms. The van der Waals surface area contributed by atoms with Crippen LogP contribution in [0.25, 0.3) is 0 Å². The molecule has 29 heavy (non-hydrogen) atoms. The van der Waals surface area contributed by atoms with Crippen molar-refractivity contribution in [2.75, 3.05) is 19.8 Å². The summed E-state index contributed by atoms with van der Waals surface area (Å²) >= 11 is 0. The minimum Gasteiger partial charge on any atom is -0.406 e. The van der Waals surface area contributed by atoms with Crippen molar-refractivity contribution in [3.05, 3.63) is 65.7 Å². The lowest BCUT2D eigenvalue weighted by molar-refractivity contribution is -0.274. The summed E-state index contributed by atoms with van der Waals surface area (Å²) in [6.07, 6.45) is -2.93. The molecule has 1 saturated heterocycles. The first-order valence-electron chi connectivity index (χ1n) is 9.38. The number of ether oxygens (including phenoxy) is 2. The maximum absolute atomic E-state index is 12.2. The molecule has 2 aromatic rings. The predicted octanol–water partition coefficient (Wildman–Crippen LogP) is 3.74. The molecule has 1 fully saturated rings. The van der Waals surface area contributed by atoms with E-state index in [2.05, 4.69) is 27.2 Å². The van der Waals surface area contributed by atoms with Crippen LogP contribution in [0.1, 0.15) is 24.0 Å². The third-order valence-corrected chi connectivity index (χ3v) is 5.03. The summed E-state index contributed by atoms with van der Waals surface area (Å²) < 4.78 is 46.0. The highest BCUT2D eigenvalue weighted by atomic mass is 19.4. The fourth-order valence-corrected chi connectivity index (χ4v) is 3.41. The van der Waals surface area contributed by atoms with Gasteiger partial charge in [0.15, 0.2) is 5.96 Å². The van der Waals surface area contributed by atoms with Crippen LogP contribution in [0.2, 0.25) is 0 Å². The standard InChI is InChI=1S/C21H24F3N3O2/c22-21(23,24)29-18-8-6-16(7-9-18)14-26-19(25)27-15-20(10-12-28-13-11-20)17-4-2-1-3-5-17/h1-9H,10-15H2,(H3,25,26,27). The number of nitrogens with zero attached hydrogens (tertiary/aromatic N) is 1. The quantitative estimate of drug-likeness (QED) is 0.566. The maximum atomic E-state index is 12.2. The van der Waals surface area contributed by atoms with E-state index in [1.54, 1.807) is 0 Å². The van der Waals surface area contributed by atoms with Gasteiger partial charge in [0.2, 0.25) is 0 Å². The third-order valence-electron chi connectivity index (χ3n) is 5.03. The number of nitrogens with one attached hydrogen (secondary N) is 1. The summed E-state index contributed by atoms with van der Waals surface area (Å²) in [6.45, 7) is 2.28. The van der Waals surface area contributed by atoms with E-state index in [4.69, 9.17) is 10.5 Å². The first-order chi connectivity index (χ1) is 13.9. The van der Waals surface area contributed by atoms with Gasteiger partial charge in [0, 0.05) is 25.2 Å². The van der Waals surface area contributed by atoms with Gasteiger partial charge in [-0.15, -0.1) is 13.2 Å². The van der Waals surface area contributed by atoms with Crippen LogP contribution in [0.4, 0.5) is 13.2 Å². The van der Waals surface area contributed by atoms with E-state index in [0.717, 1.165) is 18.4 Å². The predicted molar refractivity (Wildman–Crippen MR) is 105 cm³/mol. The molecular formula is C21H24F3N3O2. The van der Waals surface area contributed by atoms with Crippen LogP contribution in [0.15, 0.2) is 59.6 Å². The van der Waals surface area contributed by atoms with Crippen LogP contribution >= 0.6 is 0 Å². The molecule has 0 aromatic heterocycles. The molecule has 0 aliphatic carbocycles. The zero-order valence-corrected chi connectivity index (χ0v) is 15.9. The Morgan fingerprint density at radius 2 is 1.72 bits per heavy atom. The summed E-state index contributed by atoms with van der Waals surface area (Å²) in [5.41, 5.74) is 7.92. The van der Waals surface area contributed by atoms with Crippen molar-refractivity contribution in [3.63, 3.8) is 0 Å². The lowest BCUT2D eigenvalue weighted by Crippen LogP contribution is -2.46. The topological polar surface area (TPSA) is 68.9 Å². The van der Waals surface area contributed by atoms with Gasteiger partial charge >= 0.3 is 6.36 Å². The van der Waals surface area contributed by atoms with Gasteiger partial charge in [-0.1, -0.05) is 42.5 Å². The molecule has 0 atom stereocenters. The normalized spacial score (nSPS) is 17.0. The molecule has 8 heteroatoms. The van der Waals surface area contributed by atoms with Crippen molar-refractivity contribution in [2.24, 2.45) is 10.7 Å². The van der Waals surface area contributed by atoms with E-state index in [-0.39, 0.29) is 17.7 Å². The van der Waals surface area contributed by atoms with Crippen LogP contribution in [0, 0.1) is 0 Å². The first-order valence-corrected chi connectivity index (χ1v) is 9.38. The minimum atomic E-state index is -4.70. The summed E-state index contributed by atoms with van der Waals surface area (Å²) in [5.74, 6) is 0.0306. The average molecular weight is 407 g/mol. The van der Waals surface area contributed by atoms with E-state index in [0.29, 0.717) is 25.7 Å². The monoisotopic (exact) mass is 407 g/mol. The molecule has 0 bridgehead atoms. The number of rotatable bonds is 6. The van der Waals surface area contributed by atoms with Crippen molar-refractivity contribution in [1.29, 1.82) is 0 Å². The first kappa shape index (κ1) is 21.0. The Kier molecular flexibility index (Phi) is 6.64. The molecule has 156 valence electrons. The SMILES string of the molecule is NC(=NCc1ccc(OC(F)(F)F)cc1)NCC1(c2ccccc2)CCOCC1. The molecule has 3 rings (SSSR count). The zero-order valence-electron chi connectivity index (χ0n) is 15.9. The lowest BCUT2D eigenvalue weighted by Gasteiger charge is -2.38. The van der Waals surface area contributed by atoms with Gasteiger partial charge in [0.05, 0.1) is 6.54 Å². The number of guanidine groups is 1. The number of hydrogen-bond donors (Lipinski definition) is 2. The number of halogens is 3. The van der Waals surface area contributed by atoms with Crippen molar-refractivity contribution < 1.29 is 22.6 Å². The van der Waals surface area contributed by atoms with E-state index < -0.39 is 6.36 Å². The van der Waals surface area contributed by atoms with Crippen molar-refractivity contribution in [2.45, 2.75) is 31.2 Å². The number of benzene rings is 2. The van der Waals surface area contributed by atoms with Gasteiger partial charge in [-0.3, -0.25) is 0 Å². The molecule has 2 aromatic carbocycles. The molecule has 1 heterocycles. The van der Waals surface area contributed by atoms with Crippen molar-refractivity contribution in [3.8, 4) is 5.75 Å². The maximum Gasteiger partial charge on any atom is 0.573 e. The molecule has 0 unspecified atom stereocenters. The van der Waals surface area contributed by atoms with Crippen LogP contribution in [-0.2, 0) is 16.7 Å². The fourth-order valence-electron chi connectivity index (χ4n) is 3.41. The summed E-state index contributed by atoms with van der Waals surface area (Å²) in [7, 11) is 0. The lowest BCUT2D eigenvalue weighted by atomic mass is 9.74. The smallest absolute Gasteiger partial charge is 0.406 e. The Hall–Kier alpha value is -2.74. The Labute approximate surface area is 167 Å². The Morgan fingerprint density at radius 3 is 2.34 bits per heavy atom. The van der Waals surface area contributed by atoms with Gasteiger partial charge < -0.3 is 20.5 Å². The number of hydrogen-bond acceptors (Lipinski definition) is 3. The van der Waals surface area contributed by atoms with Crippen molar-refractivity contribution >= 4 is 5.96 Å². The van der Waals surface area contributed by atoms with E-state index >= 15 is 0 Å². The molecule has 0 saturated carbocycles. The molecule has 0 radical (unpaired) electrons. The fraction of sp³-hybridized carbons (Fsp3) is 0.381. The second-order valence-electron chi connectivity index (χ2n) is 7.01. The molecule has 1 aliphatic rings. The Bertz CT molecular complexity index is 802. The van der Waals surface area contributed by atoms with Crippen LogP contribution in [0.5, 0.6) is 5.75 Å². The van der Waals surface area contributed by atoms with Gasteiger partial charge in [-0.2, -0.15) is 0 Å². The van der Waals surface area contributed by atoms with Crippen LogP contribution < -0.4 is 15.8 Å². The van der Waals surface area contributed by atoms with Gasteiger partial charge in [0.1, 0.15) is 5.75 Å². The van der Waals surface area contributed by atoms with Gasteiger partial charge in [-0.25, -0.2) is 4.99 Å². The average Bonchev–Trinajstić information content (AvgIpc) is 2.72. The molecular weight excluding hydrogens is 383 g/mol. The largest absolute Gasteiger partial charge is 0.573 e. The second-order valence-corrected chi connectivity index (χ2v) is 7.01. The Morgan fingerprint density at radius 1 is 1.07 bits per heavy atom. The van der Waals surface area contributed by atoms with Gasteiger partial charge in [0.25, 0.3) is 0 Å². The van der Waals surface area contributed by atoms with Crippen molar-refractivity contribution in [1.82, 2.24) is 5.32 Å². The van der Waals surface area contributed by atoms with E-state index in [9.17, 15) is 13.2 Å². The zero-order chi connectivity index (χ0) is 20.7. The summed E-state index contributed by atoms with van der Waals surface area (Å²) in [4.78, 5) is 4.30. The van der Waals surface area contributed by atoms with E-state index in [1.807, 2.05) is 18.2 Å². The van der Waals surface area contributed by atoms with Gasteiger partial charge in [-0.05, 0) is 36.1 Å².